The molecule has 0 spiro atoms. The molecule has 1 aromatic carbocycles. The standard InChI is InChI=1S/C18H16N4O2/c23-18(20-12-3-2-8-19-10-12)11-6-7-15-14(9-11)13-4-1-5-16(22-24)17(13)21-15/h2-3,6-10,21,24H,1,4-5H2,(H,20,23)/b22-16-. The Hall–Kier alpha value is -3.15. The second kappa shape index (κ2) is 5.81. The third kappa shape index (κ3) is 2.42. The number of pyridine rings is 1. The number of H-pyrrole nitrogens is 1. The smallest absolute Gasteiger partial charge is 0.255 e. The van der Waals surface area contributed by atoms with E-state index in [4.69, 9.17) is 5.21 Å². The summed E-state index contributed by atoms with van der Waals surface area (Å²) in [4.78, 5) is 19.7. The zero-order valence-corrected chi connectivity index (χ0v) is 12.9. The molecule has 0 atom stereocenters. The first kappa shape index (κ1) is 14.4. The minimum absolute atomic E-state index is 0.174. The lowest BCUT2D eigenvalue weighted by atomic mass is 9.93. The summed E-state index contributed by atoms with van der Waals surface area (Å²) >= 11 is 0. The lowest BCUT2D eigenvalue weighted by molar-refractivity contribution is 0.102. The molecule has 3 aromatic rings. The van der Waals surface area contributed by atoms with E-state index in [1.807, 2.05) is 12.1 Å². The van der Waals surface area contributed by atoms with Crippen molar-refractivity contribution in [1.82, 2.24) is 9.97 Å². The number of anilines is 1. The fraction of sp³-hybridized carbons (Fsp3) is 0.167. The molecule has 120 valence electrons. The molecule has 1 amide bonds. The van der Waals surface area contributed by atoms with Crippen LogP contribution in [0.3, 0.4) is 0 Å². The maximum Gasteiger partial charge on any atom is 0.255 e. The van der Waals surface area contributed by atoms with Crippen molar-refractivity contribution in [3.63, 3.8) is 0 Å². The number of fused-ring (bicyclic) bond motifs is 3. The molecule has 0 bridgehead atoms. The summed E-state index contributed by atoms with van der Waals surface area (Å²) in [5, 5.41) is 16.4. The molecule has 6 heteroatoms. The number of benzene rings is 1. The van der Waals surface area contributed by atoms with Gasteiger partial charge in [-0.05, 0) is 55.2 Å². The highest BCUT2D eigenvalue weighted by atomic mass is 16.4. The van der Waals surface area contributed by atoms with Crippen molar-refractivity contribution in [3.05, 3.63) is 59.5 Å². The van der Waals surface area contributed by atoms with E-state index in [1.165, 1.54) is 0 Å². The summed E-state index contributed by atoms with van der Waals surface area (Å²) in [7, 11) is 0. The molecule has 2 heterocycles. The molecule has 0 saturated carbocycles. The monoisotopic (exact) mass is 320 g/mol. The number of oxime groups is 1. The number of nitrogens with zero attached hydrogens (tertiary/aromatic N) is 2. The Morgan fingerprint density at radius 2 is 2.21 bits per heavy atom. The van der Waals surface area contributed by atoms with E-state index in [9.17, 15) is 4.79 Å². The molecular formula is C18H16N4O2. The first-order chi connectivity index (χ1) is 11.8. The van der Waals surface area contributed by atoms with E-state index in [0.717, 1.165) is 41.4 Å². The molecule has 2 aromatic heterocycles. The third-order valence-corrected chi connectivity index (χ3v) is 4.34. The summed E-state index contributed by atoms with van der Waals surface area (Å²) in [6, 6.07) is 9.13. The van der Waals surface area contributed by atoms with Crippen LogP contribution in [0.2, 0.25) is 0 Å². The topological polar surface area (TPSA) is 90.4 Å². The van der Waals surface area contributed by atoms with Crippen LogP contribution in [0, 0.1) is 0 Å². The summed E-state index contributed by atoms with van der Waals surface area (Å²) in [6.07, 6.45) is 5.87. The van der Waals surface area contributed by atoms with Crippen LogP contribution in [0.1, 0.15) is 34.5 Å². The van der Waals surface area contributed by atoms with Gasteiger partial charge in [0.15, 0.2) is 0 Å². The van der Waals surface area contributed by atoms with Crippen LogP contribution >= 0.6 is 0 Å². The predicted molar refractivity (Wildman–Crippen MR) is 91.8 cm³/mol. The Balaban J connectivity index is 1.72. The van der Waals surface area contributed by atoms with Gasteiger partial charge in [0.05, 0.1) is 17.6 Å². The normalized spacial score (nSPS) is 15.4. The maximum atomic E-state index is 12.5. The number of hydrogen-bond donors (Lipinski definition) is 3. The fourth-order valence-electron chi connectivity index (χ4n) is 3.19. The van der Waals surface area contributed by atoms with Crippen molar-refractivity contribution >= 4 is 28.2 Å². The van der Waals surface area contributed by atoms with Crippen LogP contribution in [-0.2, 0) is 6.42 Å². The van der Waals surface area contributed by atoms with Gasteiger partial charge < -0.3 is 15.5 Å². The molecule has 3 N–H and O–H groups in total. The first-order valence-corrected chi connectivity index (χ1v) is 7.83. The van der Waals surface area contributed by atoms with Gasteiger partial charge in [0.1, 0.15) is 5.71 Å². The number of aromatic nitrogens is 2. The highest BCUT2D eigenvalue weighted by Crippen LogP contribution is 2.30. The lowest BCUT2D eigenvalue weighted by Gasteiger charge is -2.12. The minimum Gasteiger partial charge on any atom is -0.411 e. The van der Waals surface area contributed by atoms with Gasteiger partial charge in [0, 0.05) is 22.7 Å². The Morgan fingerprint density at radius 3 is 3.00 bits per heavy atom. The zero-order chi connectivity index (χ0) is 16.5. The van der Waals surface area contributed by atoms with Gasteiger partial charge in [0.2, 0.25) is 0 Å². The molecule has 0 fully saturated rings. The van der Waals surface area contributed by atoms with Crippen molar-refractivity contribution in [2.75, 3.05) is 5.32 Å². The molecule has 4 rings (SSSR count). The van der Waals surface area contributed by atoms with Crippen LogP contribution in [0.5, 0.6) is 0 Å². The third-order valence-electron chi connectivity index (χ3n) is 4.34. The van der Waals surface area contributed by atoms with Crippen LogP contribution < -0.4 is 5.32 Å². The summed E-state index contributed by atoms with van der Waals surface area (Å²) < 4.78 is 0. The molecule has 1 aliphatic carbocycles. The molecular weight excluding hydrogens is 304 g/mol. The molecule has 1 aliphatic rings. The number of nitrogens with one attached hydrogen (secondary N) is 2. The van der Waals surface area contributed by atoms with Crippen LogP contribution in [0.15, 0.2) is 47.9 Å². The molecule has 0 unspecified atom stereocenters. The zero-order valence-electron chi connectivity index (χ0n) is 12.9. The van der Waals surface area contributed by atoms with Gasteiger partial charge in [0.25, 0.3) is 5.91 Å². The number of rotatable bonds is 2. The SMILES string of the molecule is O=C(Nc1cccnc1)c1ccc2[nH]c3c(c2c1)CCC/C3=N/O. The van der Waals surface area contributed by atoms with Gasteiger partial charge in [-0.2, -0.15) is 0 Å². The minimum atomic E-state index is -0.174. The van der Waals surface area contributed by atoms with E-state index in [-0.39, 0.29) is 5.91 Å². The average molecular weight is 320 g/mol. The average Bonchev–Trinajstić information content (AvgIpc) is 3.00. The molecule has 0 radical (unpaired) electrons. The van der Waals surface area contributed by atoms with Crippen molar-refractivity contribution in [2.24, 2.45) is 5.16 Å². The van der Waals surface area contributed by atoms with E-state index in [1.54, 1.807) is 30.6 Å². The second-order valence-electron chi connectivity index (χ2n) is 5.83. The Morgan fingerprint density at radius 1 is 1.29 bits per heavy atom. The number of carbonyl (C=O) groups excluding carboxylic acids is 1. The quantitative estimate of drug-likeness (QED) is 0.499. The highest BCUT2D eigenvalue weighted by Gasteiger charge is 2.21. The summed E-state index contributed by atoms with van der Waals surface area (Å²) in [5.74, 6) is -0.174. The van der Waals surface area contributed by atoms with Gasteiger partial charge in [-0.1, -0.05) is 5.16 Å². The number of aryl methyl sites for hydroxylation is 1. The van der Waals surface area contributed by atoms with E-state index >= 15 is 0 Å². The molecule has 6 nitrogen and oxygen atoms in total. The largest absolute Gasteiger partial charge is 0.411 e. The van der Waals surface area contributed by atoms with Crippen molar-refractivity contribution in [2.45, 2.75) is 19.3 Å². The van der Waals surface area contributed by atoms with Gasteiger partial charge in [-0.15, -0.1) is 0 Å². The number of hydrogen-bond acceptors (Lipinski definition) is 4. The van der Waals surface area contributed by atoms with Crippen molar-refractivity contribution < 1.29 is 10.0 Å². The van der Waals surface area contributed by atoms with E-state index < -0.39 is 0 Å². The number of amides is 1. The lowest BCUT2D eigenvalue weighted by Crippen LogP contribution is -2.12. The molecule has 24 heavy (non-hydrogen) atoms. The van der Waals surface area contributed by atoms with Crippen LogP contribution in [0.25, 0.3) is 10.9 Å². The Labute approximate surface area is 138 Å². The van der Waals surface area contributed by atoms with Gasteiger partial charge in [-0.25, -0.2) is 0 Å². The highest BCUT2D eigenvalue weighted by molar-refractivity contribution is 6.09. The second-order valence-corrected chi connectivity index (χ2v) is 5.83. The first-order valence-electron chi connectivity index (χ1n) is 7.83. The number of aromatic amines is 1. The van der Waals surface area contributed by atoms with Gasteiger partial charge >= 0.3 is 0 Å². The Kier molecular flexibility index (Phi) is 3.49. The Bertz CT molecular complexity index is 944. The number of carbonyl (C=O) groups is 1. The summed E-state index contributed by atoms with van der Waals surface area (Å²) in [5.41, 5.74) is 4.85. The molecule has 0 aliphatic heterocycles. The summed E-state index contributed by atoms with van der Waals surface area (Å²) in [6.45, 7) is 0. The van der Waals surface area contributed by atoms with E-state index in [2.05, 4.69) is 20.4 Å². The van der Waals surface area contributed by atoms with Crippen LogP contribution in [-0.4, -0.2) is 26.8 Å². The molecule has 0 saturated heterocycles. The van der Waals surface area contributed by atoms with Crippen LogP contribution in [0.4, 0.5) is 5.69 Å². The van der Waals surface area contributed by atoms with E-state index in [0.29, 0.717) is 17.0 Å². The fourth-order valence-corrected chi connectivity index (χ4v) is 3.19. The van der Waals surface area contributed by atoms with Gasteiger partial charge in [-0.3, -0.25) is 9.78 Å². The predicted octanol–water partition coefficient (Wildman–Crippen LogP) is 3.33. The maximum absolute atomic E-state index is 12.5. The van der Waals surface area contributed by atoms with Crippen molar-refractivity contribution in [3.8, 4) is 0 Å². The van der Waals surface area contributed by atoms with Crippen molar-refractivity contribution in [1.29, 1.82) is 0 Å².